The van der Waals surface area contributed by atoms with Crippen LogP contribution < -0.4 is 15.4 Å². The number of hydrogen-bond acceptors (Lipinski definition) is 5. The third kappa shape index (κ3) is 3.14. The van der Waals surface area contributed by atoms with Gasteiger partial charge in [-0.05, 0) is 44.9 Å². The molecule has 1 amide bonds. The molecular formula is C18H23N3O3. The largest absolute Gasteiger partial charge is 0.478 e. The second-order valence-corrected chi connectivity index (χ2v) is 6.16. The molecule has 0 saturated carbocycles. The molecule has 0 spiro atoms. The number of aryl methyl sites for hydroxylation is 2. The van der Waals surface area contributed by atoms with Gasteiger partial charge in [0.2, 0.25) is 0 Å². The minimum Gasteiger partial charge on any atom is -0.478 e. The number of nitrogens with zero attached hydrogens (tertiary/aromatic N) is 1. The van der Waals surface area contributed by atoms with Crippen molar-refractivity contribution in [1.29, 1.82) is 0 Å². The summed E-state index contributed by atoms with van der Waals surface area (Å²) < 4.78 is 11.0. The molecule has 0 unspecified atom stereocenters. The Bertz CT molecular complexity index is 734. The lowest BCUT2D eigenvalue weighted by Gasteiger charge is -2.26. The van der Waals surface area contributed by atoms with E-state index in [-0.39, 0.29) is 11.9 Å². The monoisotopic (exact) mass is 329 g/mol. The van der Waals surface area contributed by atoms with Crippen LogP contribution in [0, 0.1) is 13.8 Å². The zero-order valence-corrected chi connectivity index (χ0v) is 14.5. The van der Waals surface area contributed by atoms with Crippen LogP contribution in [0.2, 0.25) is 0 Å². The van der Waals surface area contributed by atoms with E-state index in [0.717, 1.165) is 34.0 Å². The second kappa shape index (κ2) is 6.65. The van der Waals surface area contributed by atoms with E-state index in [2.05, 4.69) is 22.7 Å². The lowest BCUT2D eigenvalue weighted by atomic mass is 10.1. The summed E-state index contributed by atoms with van der Waals surface area (Å²) >= 11 is 0. The summed E-state index contributed by atoms with van der Waals surface area (Å²) in [6.07, 6.45) is 0.230. The second-order valence-electron chi connectivity index (χ2n) is 6.16. The average Bonchev–Trinajstić information content (AvgIpc) is 2.90. The first-order valence-electron chi connectivity index (χ1n) is 8.26. The van der Waals surface area contributed by atoms with E-state index in [0.29, 0.717) is 13.0 Å². The minimum atomic E-state index is -0.418. The maximum Gasteiger partial charge on any atom is 0.265 e. The van der Waals surface area contributed by atoms with Crippen LogP contribution in [0.25, 0.3) is 0 Å². The number of aromatic nitrogens is 1. The average molecular weight is 329 g/mol. The maximum atomic E-state index is 11.8. The van der Waals surface area contributed by atoms with Crippen molar-refractivity contribution >= 4 is 11.6 Å². The number of carbonyl (C=O) groups excluding carboxylic acids is 1. The molecule has 3 rings (SSSR count). The number of benzene rings is 1. The molecule has 2 atom stereocenters. The van der Waals surface area contributed by atoms with E-state index in [9.17, 15) is 4.79 Å². The Morgan fingerprint density at radius 2 is 2.17 bits per heavy atom. The van der Waals surface area contributed by atoms with Gasteiger partial charge in [-0.15, -0.1) is 0 Å². The zero-order chi connectivity index (χ0) is 17.3. The van der Waals surface area contributed by atoms with Gasteiger partial charge in [-0.1, -0.05) is 18.1 Å². The highest BCUT2D eigenvalue weighted by Crippen LogP contribution is 2.33. The van der Waals surface area contributed by atoms with Crippen molar-refractivity contribution in [3.63, 3.8) is 0 Å². The maximum absolute atomic E-state index is 11.8. The predicted molar refractivity (Wildman–Crippen MR) is 91.0 cm³/mol. The lowest BCUT2D eigenvalue weighted by Crippen LogP contribution is -2.36. The molecule has 6 nitrogen and oxygen atoms in total. The van der Waals surface area contributed by atoms with Crippen LogP contribution in [0.4, 0.5) is 5.69 Å². The van der Waals surface area contributed by atoms with Gasteiger partial charge in [-0.2, -0.15) is 0 Å². The number of amides is 1. The van der Waals surface area contributed by atoms with Gasteiger partial charge in [-0.3, -0.25) is 4.79 Å². The summed E-state index contributed by atoms with van der Waals surface area (Å²) in [6, 6.07) is 6.01. The number of ether oxygens (including phenoxy) is 1. The highest BCUT2D eigenvalue weighted by atomic mass is 16.5. The van der Waals surface area contributed by atoms with Crippen molar-refractivity contribution in [2.45, 2.75) is 52.8 Å². The molecule has 128 valence electrons. The van der Waals surface area contributed by atoms with Gasteiger partial charge >= 0.3 is 0 Å². The number of hydrogen-bond donors (Lipinski definition) is 2. The van der Waals surface area contributed by atoms with Crippen LogP contribution in [0.5, 0.6) is 5.75 Å². The molecule has 0 radical (unpaired) electrons. The van der Waals surface area contributed by atoms with Crippen LogP contribution in [-0.2, 0) is 11.3 Å². The van der Waals surface area contributed by atoms with Crippen molar-refractivity contribution in [2.75, 3.05) is 5.32 Å². The van der Waals surface area contributed by atoms with Crippen molar-refractivity contribution in [3.8, 4) is 5.75 Å². The molecule has 1 aliphatic heterocycles. The number of rotatable bonds is 5. The first-order chi connectivity index (χ1) is 11.5. The summed E-state index contributed by atoms with van der Waals surface area (Å²) in [5.74, 6) is 1.49. The SMILES string of the molecule is CC[C@@H]1Oc2cc([C@@H](C)NCc3c(C)noc3C)ccc2NC1=O. The first-order valence-corrected chi connectivity index (χ1v) is 8.26. The van der Waals surface area contributed by atoms with Crippen LogP contribution in [-0.4, -0.2) is 17.2 Å². The fourth-order valence-corrected chi connectivity index (χ4v) is 2.83. The van der Waals surface area contributed by atoms with Gasteiger partial charge in [0.15, 0.2) is 6.10 Å². The van der Waals surface area contributed by atoms with E-state index in [1.165, 1.54) is 0 Å². The van der Waals surface area contributed by atoms with Gasteiger partial charge in [0.25, 0.3) is 5.91 Å². The Kier molecular flexibility index (Phi) is 4.57. The van der Waals surface area contributed by atoms with Gasteiger partial charge in [0.1, 0.15) is 11.5 Å². The van der Waals surface area contributed by atoms with Gasteiger partial charge in [0, 0.05) is 18.2 Å². The molecule has 0 aliphatic carbocycles. The molecule has 2 aromatic rings. The Morgan fingerprint density at radius 1 is 1.38 bits per heavy atom. The third-order valence-corrected chi connectivity index (χ3v) is 4.46. The summed E-state index contributed by atoms with van der Waals surface area (Å²) in [5, 5.41) is 10.3. The van der Waals surface area contributed by atoms with Crippen molar-refractivity contribution in [3.05, 3.63) is 40.8 Å². The van der Waals surface area contributed by atoms with Crippen LogP contribution in [0.3, 0.4) is 0 Å². The molecule has 6 heteroatoms. The molecule has 0 fully saturated rings. The standard InChI is InChI=1S/C18H23N3O3/c1-5-16-18(22)20-15-7-6-13(8-17(15)23-16)10(2)19-9-14-11(3)21-24-12(14)4/h6-8,10,16,19H,5,9H2,1-4H3,(H,20,22)/t10-,16+/m1/s1. The molecule has 2 heterocycles. The van der Waals surface area contributed by atoms with E-state index in [1.54, 1.807) is 0 Å². The van der Waals surface area contributed by atoms with Crippen LogP contribution in [0.1, 0.15) is 48.9 Å². The summed E-state index contributed by atoms with van der Waals surface area (Å²) in [4.78, 5) is 11.8. The fourth-order valence-electron chi connectivity index (χ4n) is 2.83. The molecule has 24 heavy (non-hydrogen) atoms. The molecule has 0 saturated heterocycles. The number of nitrogens with one attached hydrogen (secondary N) is 2. The Hall–Kier alpha value is -2.34. The molecular weight excluding hydrogens is 306 g/mol. The van der Waals surface area contributed by atoms with Gasteiger partial charge < -0.3 is 19.9 Å². The third-order valence-electron chi connectivity index (χ3n) is 4.46. The van der Waals surface area contributed by atoms with Crippen molar-refractivity contribution in [2.24, 2.45) is 0 Å². The predicted octanol–water partition coefficient (Wildman–Crippen LogP) is 3.25. The first kappa shape index (κ1) is 16.5. The molecule has 2 N–H and O–H groups in total. The summed E-state index contributed by atoms with van der Waals surface area (Å²) in [6.45, 7) is 8.58. The number of anilines is 1. The van der Waals surface area contributed by atoms with Gasteiger partial charge in [0.05, 0.1) is 11.4 Å². The van der Waals surface area contributed by atoms with E-state index >= 15 is 0 Å². The number of fused-ring (bicyclic) bond motifs is 1. The van der Waals surface area contributed by atoms with Crippen LogP contribution in [0.15, 0.2) is 22.7 Å². The lowest BCUT2D eigenvalue weighted by molar-refractivity contribution is -0.123. The highest BCUT2D eigenvalue weighted by Gasteiger charge is 2.26. The number of carbonyl (C=O) groups is 1. The smallest absolute Gasteiger partial charge is 0.265 e. The topological polar surface area (TPSA) is 76.4 Å². The summed E-state index contributed by atoms with van der Waals surface area (Å²) in [7, 11) is 0. The van der Waals surface area contributed by atoms with E-state index in [1.807, 2.05) is 39.0 Å². The quantitative estimate of drug-likeness (QED) is 0.880. The Labute approximate surface area is 141 Å². The minimum absolute atomic E-state index is 0.0812. The normalized spacial score (nSPS) is 17.8. The Morgan fingerprint density at radius 3 is 2.83 bits per heavy atom. The van der Waals surface area contributed by atoms with Crippen molar-refractivity contribution < 1.29 is 14.1 Å². The molecule has 0 bridgehead atoms. The fraction of sp³-hybridized carbons (Fsp3) is 0.444. The van der Waals surface area contributed by atoms with Crippen molar-refractivity contribution in [1.82, 2.24) is 10.5 Å². The summed E-state index contributed by atoms with van der Waals surface area (Å²) in [5.41, 5.74) is 3.83. The van der Waals surface area contributed by atoms with E-state index < -0.39 is 6.10 Å². The highest BCUT2D eigenvalue weighted by molar-refractivity contribution is 5.97. The van der Waals surface area contributed by atoms with Crippen LogP contribution >= 0.6 is 0 Å². The molecule has 1 aromatic carbocycles. The molecule has 1 aliphatic rings. The Balaban J connectivity index is 1.72. The van der Waals surface area contributed by atoms with Gasteiger partial charge in [-0.25, -0.2) is 0 Å². The van der Waals surface area contributed by atoms with E-state index in [4.69, 9.17) is 9.26 Å². The zero-order valence-electron chi connectivity index (χ0n) is 14.5. The molecule has 1 aromatic heterocycles.